The molecule has 0 amide bonds. The quantitative estimate of drug-likeness (QED) is 0.255. The fourth-order valence-electron chi connectivity index (χ4n) is 2.54. The Kier molecular flexibility index (Phi) is 6.90. The predicted molar refractivity (Wildman–Crippen MR) is 118 cm³/mol. The number of hydrogen-bond acceptors (Lipinski definition) is 2. The highest BCUT2D eigenvalue weighted by atomic mass is 79.9. The van der Waals surface area contributed by atoms with Crippen molar-refractivity contribution in [1.29, 1.82) is 5.26 Å². The second kappa shape index (κ2) is 9.38. The summed E-state index contributed by atoms with van der Waals surface area (Å²) >= 11 is 13.3. The van der Waals surface area contributed by atoms with Crippen LogP contribution in [0.1, 0.15) is 16.7 Å². The van der Waals surface area contributed by atoms with Crippen LogP contribution in [0.15, 0.2) is 69.6 Å². The number of benzene rings is 3. The third-order valence-corrected chi connectivity index (χ3v) is 5.28. The van der Waals surface area contributed by atoms with E-state index in [1.54, 1.807) is 30.3 Å². The fourth-order valence-corrected chi connectivity index (χ4v) is 3.79. The summed E-state index contributed by atoms with van der Waals surface area (Å²) in [4.78, 5) is 0. The minimum atomic E-state index is -0.394. The van der Waals surface area contributed by atoms with Crippen molar-refractivity contribution in [2.75, 3.05) is 0 Å². The molecule has 0 fully saturated rings. The lowest BCUT2D eigenvalue weighted by Crippen LogP contribution is -1.97. The summed E-state index contributed by atoms with van der Waals surface area (Å²) in [5, 5.41) is 9.85. The maximum atomic E-state index is 13.4. The Morgan fingerprint density at radius 3 is 2.50 bits per heavy atom. The van der Waals surface area contributed by atoms with Crippen LogP contribution in [0.3, 0.4) is 0 Å². The molecule has 0 radical (unpaired) electrons. The van der Waals surface area contributed by atoms with Gasteiger partial charge in [0.25, 0.3) is 0 Å². The van der Waals surface area contributed by atoms with E-state index in [2.05, 4.69) is 37.9 Å². The molecule has 0 aliphatic rings. The fraction of sp³-hybridized carbons (Fsp3) is 0.0455. The predicted octanol–water partition coefficient (Wildman–Crippen LogP) is 7.65. The average molecular weight is 522 g/mol. The first-order valence-corrected chi connectivity index (χ1v) is 10.2. The lowest BCUT2D eigenvalue weighted by atomic mass is 10.0. The van der Waals surface area contributed by atoms with Gasteiger partial charge in [0.05, 0.1) is 21.1 Å². The van der Waals surface area contributed by atoms with Crippen molar-refractivity contribution >= 4 is 55.1 Å². The Hall–Kier alpha value is -2.13. The highest BCUT2D eigenvalue weighted by molar-refractivity contribution is 9.10. The van der Waals surface area contributed by atoms with Crippen LogP contribution >= 0.6 is 43.5 Å². The third kappa shape index (κ3) is 5.23. The molecule has 0 bridgehead atoms. The molecule has 3 aromatic rings. The molecule has 0 aromatic heterocycles. The Morgan fingerprint density at radius 2 is 1.86 bits per heavy atom. The molecule has 0 saturated carbocycles. The molecule has 0 N–H and O–H groups in total. The van der Waals surface area contributed by atoms with Crippen molar-refractivity contribution in [1.82, 2.24) is 0 Å². The van der Waals surface area contributed by atoms with Crippen molar-refractivity contribution in [2.45, 2.75) is 6.61 Å². The molecular weight excluding hydrogens is 509 g/mol. The van der Waals surface area contributed by atoms with Gasteiger partial charge in [-0.3, -0.25) is 0 Å². The van der Waals surface area contributed by atoms with Crippen LogP contribution in [0.5, 0.6) is 5.75 Å². The zero-order valence-electron chi connectivity index (χ0n) is 14.4. The molecule has 140 valence electrons. The lowest BCUT2D eigenvalue weighted by Gasteiger charge is -2.11. The number of nitriles is 1. The second-order valence-electron chi connectivity index (χ2n) is 5.91. The number of allylic oxidation sites excluding steroid dienone is 1. The highest BCUT2D eigenvalue weighted by Gasteiger charge is 2.11. The average Bonchev–Trinajstić information content (AvgIpc) is 2.67. The maximum Gasteiger partial charge on any atom is 0.152 e. The van der Waals surface area contributed by atoms with Crippen LogP contribution < -0.4 is 4.74 Å². The monoisotopic (exact) mass is 519 g/mol. The third-order valence-electron chi connectivity index (χ3n) is 3.88. The first-order valence-electron chi connectivity index (χ1n) is 8.20. The van der Waals surface area contributed by atoms with E-state index >= 15 is 0 Å². The number of rotatable bonds is 5. The van der Waals surface area contributed by atoms with Crippen LogP contribution in [-0.2, 0) is 6.61 Å². The largest absolute Gasteiger partial charge is 0.486 e. The molecule has 0 heterocycles. The zero-order chi connectivity index (χ0) is 20.1. The van der Waals surface area contributed by atoms with Gasteiger partial charge < -0.3 is 4.74 Å². The molecule has 3 rings (SSSR count). The van der Waals surface area contributed by atoms with E-state index in [0.717, 1.165) is 10.0 Å². The van der Waals surface area contributed by atoms with E-state index in [1.807, 2.05) is 24.3 Å². The molecule has 3 aromatic carbocycles. The normalized spacial score (nSPS) is 11.2. The van der Waals surface area contributed by atoms with Gasteiger partial charge in [-0.2, -0.15) is 5.26 Å². The Labute approximate surface area is 184 Å². The summed E-state index contributed by atoms with van der Waals surface area (Å²) in [6.45, 7) is 0.369. The van der Waals surface area contributed by atoms with Crippen molar-refractivity contribution in [2.24, 2.45) is 0 Å². The summed E-state index contributed by atoms with van der Waals surface area (Å²) in [5.41, 5.74) is 2.55. The number of hydrogen-bond donors (Lipinski definition) is 0. The lowest BCUT2D eigenvalue weighted by molar-refractivity contribution is 0.304. The van der Waals surface area contributed by atoms with Gasteiger partial charge in [-0.05, 0) is 75.1 Å². The van der Waals surface area contributed by atoms with Crippen molar-refractivity contribution in [3.8, 4) is 11.8 Å². The van der Waals surface area contributed by atoms with Gasteiger partial charge in [-0.15, -0.1) is 0 Å². The van der Waals surface area contributed by atoms with E-state index < -0.39 is 5.82 Å². The summed E-state index contributed by atoms with van der Waals surface area (Å²) in [5.74, 6) is 0.126. The summed E-state index contributed by atoms with van der Waals surface area (Å²) in [6, 6.07) is 19.3. The zero-order valence-corrected chi connectivity index (χ0v) is 18.4. The number of nitrogens with zero attached hydrogens (tertiary/aromatic N) is 1. The van der Waals surface area contributed by atoms with Crippen LogP contribution in [0.25, 0.3) is 11.6 Å². The summed E-state index contributed by atoms with van der Waals surface area (Å²) in [7, 11) is 0. The van der Waals surface area contributed by atoms with Crippen molar-refractivity contribution in [3.63, 3.8) is 0 Å². The smallest absolute Gasteiger partial charge is 0.152 e. The minimum absolute atomic E-state index is 0.339. The van der Waals surface area contributed by atoms with Gasteiger partial charge >= 0.3 is 0 Å². The molecule has 28 heavy (non-hydrogen) atoms. The Morgan fingerprint density at radius 1 is 1.11 bits per heavy atom. The van der Waals surface area contributed by atoms with Gasteiger partial charge in [0.15, 0.2) is 5.75 Å². The van der Waals surface area contributed by atoms with Crippen LogP contribution in [0, 0.1) is 17.1 Å². The van der Waals surface area contributed by atoms with E-state index in [-0.39, 0.29) is 0 Å². The number of halogens is 4. The molecule has 0 aliphatic carbocycles. The van der Waals surface area contributed by atoms with Crippen molar-refractivity contribution < 1.29 is 9.13 Å². The van der Waals surface area contributed by atoms with E-state index in [9.17, 15) is 9.65 Å². The SMILES string of the molecule is N#C/C(=C/c1cc(Cl)c(OCc2ccc(Br)cc2)c(Br)c1)c1cccc(F)c1. The Bertz CT molecular complexity index is 1050. The minimum Gasteiger partial charge on any atom is -0.486 e. The van der Waals surface area contributed by atoms with Crippen LogP contribution in [0.4, 0.5) is 4.39 Å². The standard InChI is InChI=1S/C22H13Br2ClFNO/c23-18-6-4-14(5-7-18)13-28-22-20(24)9-15(10-21(22)25)8-17(12-27)16-2-1-3-19(26)11-16/h1-11H,13H2/b17-8-. The molecule has 0 saturated heterocycles. The molecular formula is C22H13Br2ClFNO. The van der Waals surface area contributed by atoms with Crippen LogP contribution in [0.2, 0.25) is 5.02 Å². The van der Waals surface area contributed by atoms with Gasteiger partial charge in [-0.25, -0.2) is 4.39 Å². The second-order valence-corrected chi connectivity index (χ2v) is 8.09. The first-order chi connectivity index (χ1) is 13.5. The summed E-state index contributed by atoms with van der Waals surface area (Å²) in [6.07, 6.45) is 1.66. The maximum absolute atomic E-state index is 13.4. The van der Waals surface area contributed by atoms with Crippen molar-refractivity contribution in [3.05, 3.63) is 97.1 Å². The molecule has 0 aliphatic heterocycles. The molecule has 6 heteroatoms. The van der Waals surface area contributed by atoms with E-state index in [0.29, 0.717) is 38.6 Å². The van der Waals surface area contributed by atoms with Gasteiger partial charge in [0, 0.05) is 4.47 Å². The van der Waals surface area contributed by atoms with Crippen LogP contribution in [-0.4, -0.2) is 0 Å². The highest BCUT2D eigenvalue weighted by Crippen LogP contribution is 2.36. The summed E-state index contributed by atoms with van der Waals surface area (Å²) < 4.78 is 21.0. The number of ether oxygens (including phenoxy) is 1. The molecule has 0 spiro atoms. The van der Waals surface area contributed by atoms with Gasteiger partial charge in [-0.1, -0.05) is 51.8 Å². The first kappa shape index (κ1) is 20.6. The molecule has 0 atom stereocenters. The molecule has 0 unspecified atom stereocenters. The van der Waals surface area contributed by atoms with E-state index in [1.165, 1.54) is 12.1 Å². The van der Waals surface area contributed by atoms with E-state index in [4.69, 9.17) is 16.3 Å². The topological polar surface area (TPSA) is 33.0 Å². The van der Waals surface area contributed by atoms with Gasteiger partial charge in [0.2, 0.25) is 0 Å². The molecule has 2 nitrogen and oxygen atoms in total. The van der Waals surface area contributed by atoms with Gasteiger partial charge in [0.1, 0.15) is 12.4 Å². The Balaban J connectivity index is 1.84.